The average Bonchev–Trinajstić information content (AvgIpc) is 2.49. The molecule has 3 N–H and O–H groups in total. The monoisotopic (exact) mass is 314 g/mol. The molecule has 0 bridgehead atoms. The highest BCUT2D eigenvalue weighted by atomic mass is 32.1. The number of hydrazone groups is 1. The molecule has 2 rings (SSSR count). The molecule has 0 radical (unpaired) electrons. The van der Waals surface area contributed by atoms with E-state index in [0.717, 1.165) is 5.56 Å². The predicted molar refractivity (Wildman–Crippen MR) is 86.2 cm³/mol. The van der Waals surface area contributed by atoms with Crippen LogP contribution in [0.5, 0.6) is 5.75 Å². The van der Waals surface area contributed by atoms with Gasteiger partial charge in [-0.15, -0.1) is 5.75 Å². The van der Waals surface area contributed by atoms with Crippen molar-refractivity contribution in [3.63, 3.8) is 0 Å². The van der Waals surface area contributed by atoms with Crippen LogP contribution in [-0.2, 0) is 0 Å². The predicted octanol–water partition coefficient (Wildman–Crippen LogP) is 1.78. The van der Waals surface area contributed by atoms with Gasteiger partial charge in [0.1, 0.15) is 0 Å². The fourth-order valence-corrected chi connectivity index (χ4v) is 1.78. The molecule has 2 aromatic carbocycles. The number of thiocarbonyl (C=S) groups is 1. The lowest BCUT2D eigenvalue weighted by atomic mass is 10.2. The number of hydrogen-bond donors (Lipinski definition) is 3. The molecule has 0 aliphatic heterocycles. The third-order valence-corrected chi connectivity index (χ3v) is 2.82. The van der Waals surface area contributed by atoms with Gasteiger partial charge in [0.15, 0.2) is 5.11 Å². The van der Waals surface area contributed by atoms with Crippen molar-refractivity contribution in [1.82, 2.24) is 5.43 Å². The van der Waals surface area contributed by atoms with E-state index in [-0.39, 0.29) is 16.4 Å². The number of carboxylic acid groups (broad SMARTS) is 1. The Balaban J connectivity index is 1.91. The lowest BCUT2D eigenvalue weighted by molar-refractivity contribution is -0.268. The Morgan fingerprint density at radius 2 is 1.95 bits per heavy atom. The molecule has 0 fully saturated rings. The van der Waals surface area contributed by atoms with E-state index in [0.29, 0.717) is 5.69 Å². The lowest BCUT2D eigenvalue weighted by Gasteiger charge is -2.07. The first-order valence-electron chi connectivity index (χ1n) is 6.25. The Kier molecular flexibility index (Phi) is 5.05. The minimum Gasteiger partial charge on any atom is -0.872 e. The van der Waals surface area contributed by atoms with E-state index >= 15 is 0 Å². The first-order valence-corrected chi connectivity index (χ1v) is 6.66. The number of benzene rings is 2. The van der Waals surface area contributed by atoms with Gasteiger partial charge in [0.25, 0.3) is 0 Å². The summed E-state index contributed by atoms with van der Waals surface area (Å²) in [6, 6.07) is 12.4. The summed E-state index contributed by atoms with van der Waals surface area (Å²) in [7, 11) is 0. The standard InChI is InChI=1S/C15H13N3O3S/c19-13-6-4-10(5-7-13)9-16-18-15(22)17-12-3-1-2-11(8-12)14(20)21/h1-9,19H,(H,20,21)(H2,17,18,22)/p-1. The Hall–Kier alpha value is -2.93. The van der Waals surface area contributed by atoms with Crippen molar-refractivity contribution in [2.75, 3.05) is 5.32 Å². The Bertz CT molecular complexity index is 714. The fourth-order valence-electron chi connectivity index (χ4n) is 1.61. The topological polar surface area (TPSA) is 96.8 Å². The number of anilines is 1. The Morgan fingerprint density at radius 3 is 2.64 bits per heavy atom. The maximum Gasteiger partial charge on any atom is 0.335 e. The van der Waals surface area contributed by atoms with Crippen LogP contribution in [0.15, 0.2) is 53.6 Å². The number of rotatable bonds is 4. The van der Waals surface area contributed by atoms with Crippen LogP contribution in [0.1, 0.15) is 15.9 Å². The van der Waals surface area contributed by atoms with Gasteiger partial charge < -0.3 is 15.5 Å². The van der Waals surface area contributed by atoms with E-state index in [1.807, 2.05) is 0 Å². The van der Waals surface area contributed by atoms with Crippen molar-refractivity contribution in [3.8, 4) is 5.75 Å². The summed E-state index contributed by atoms with van der Waals surface area (Å²) in [5, 5.41) is 26.8. The minimum absolute atomic E-state index is 0.0689. The van der Waals surface area contributed by atoms with Crippen LogP contribution in [0.2, 0.25) is 0 Å². The Morgan fingerprint density at radius 1 is 1.23 bits per heavy atom. The molecular formula is C15H12N3O3S-. The molecule has 0 saturated heterocycles. The zero-order chi connectivity index (χ0) is 15.9. The van der Waals surface area contributed by atoms with Crippen LogP contribution in [0, 0.1) is 0 Å². The van der Waals surface area contributed by atoms with Crippen LogP contribution in [-0.4, -0.2) is 22.4 Å². The van der Waals surface area contributed by atoms with Crippen molar-refractivity contribution in [2.45, 2.75) is 0 Å². The molecule has 6 nitrogen and oxygen atoms in total. The van der Waals surface area contributed by atoms with Gasteiger partial charge in [-0.3, -0.25) is 5.43 Å². The molecular weight excluding hydrogens is 302 g/mol. The van der Waals surface area contributed by atoms with Crippen LogP contribution in [0.25, 0.3) is 0 Å². The second kappa shape index (κ2) is 7.19. The number of hydrogen-bond acceptors (Lipinski definition) is 4. The largest absolute Gasteiger partial charge is 0.872 e. The molecule has 0 aliphatic rings. The van der Waals surface area contributed by atoms with Crippen LogP contribution < -0.4 is 15.8 Å². The molecule has 0 unspecified atom stereocenters. The number of nitrogens with zero attached hydrogens (tertiary/aromatic N) is 1. The number of nitrogens with one attached hydrogen (secondary N) is 2. The van der Waals surface area contributed by atoms with Crippen molar-refractivity contribution in [3.05, 3.63) is 59.7 Å². The van der Waals surface area contributed by atoms with Crippen molar-refractivity contribution >= 4 is 35.2 Å². The highest BCUT2D eigenvalue weighted by Gasteiger charge is 2.03. The maximum absolute atomic E-state index is 10.9. The summed E-state index contributed by atoms with van der Waals surface area (Å²) in [5.74, 6) is -1.08. The summed E-state index contributed by atoms with van der Waals surface area (Å²) < 4.78 is 0. The third-order valence-electron chi connectivity index (χ3n) is 2.63. The van der Waals surface area contributed by atoms with Crippen LogP contribution in [0.4, 0.5) is 5.69 Å². The van der Waals surface area contributed by atoms with Crippen molar-refractivity contribution in [1.29, 1.82) is 0 Å². The van der Waals surface area contributed by atoms with Crippen molar-refractivity contribution in [2.24, 2.45) is 5.10 Å². The molecule has 0 heterocycles. The average molecular weight is 314 g/mol. The van der Waals surface area contributed by atoms with Gasteiger partial charge in [-0.05, 0) is 36.0 Å². The maximum atomic E-state index is 10.9. The summed E-state index contributed by atoms with van der Waals surface area (Å²) >= 11 is 5.05. The van der Waals surface area contributed by atoms with Gasteiger partial charge in [-0.25, -0.2) is 4.79 Å². The normalized spacial score (nSPS) is 10.4. The minimum atomic E-state index is -1.01. The Labute approximate surface area is 132 Å². The zero-order valence-electron chi connectivity index (χ0n) is 11.3. The number of carbonyl (C=O) groups is 1. The van der Waals surface area contributed by atoms with E-state index in [9.17, 15) is 9.90 Å². The van der Waals surface area contributed by atoms with Gasteiger partial charge in [0.05, 0.1) is 11.8 Å². The summed E-state index contributed by atoms with van der Waals surface area (Å²) in [6.07, 6.45) is 1.51. The van der Waals surface area contributed by atoms with E-state index in [1.165, 1.54) is 30.5 Å². The molecule has 0 saturated carbocycles. The van der Waals surface area contributed by atoms with E-state index in [4.69, 9.17) is 17.3 Å². The van der Waals surface area contributed by atoms with Gasteiger partial charge in [-0.1, -0.05) is 30.3 Å². The molecule has 112 valence electrons. The van der Waals surface area contributed by atoms with Gasteiger partial charge in [-0.2, -0.15) is 5.10 Å². The van der Waals surface area contributed by atoms with Gasteiger partial charge in [0, 0.05) is 5.69 Å². The smallest absolute Gasteiger partial charge is 0.335 e. The first kappa shape index (κ1) is 15.5. The molecule has 0 amide bonds. The number of carboxylic acids is 1. The summed E-state index contributed by atoms with van der Waals surface area (Å²) in [6.45, 7) is 0. The van der Waals surface area contributed by atoms with E-state index in [2.05, 4.69) is 15.8 Å². The molecule has 7 heteroatoms. The fraction of sp³-hybridized carbons (Fsp3) is 0. The summed E-state index contributed by atoms with van der Waals surface area (Å²) in [5.41, 5.74) is 4.07. The highest BCUT2D eigenvalue weighted by Crippen LogP contribution is 2.10. The number of aromatic carboxylic acids is 1. The van der Waals surface area contributed by atoms with E-state index in [1.54, 1.807) is 24.3 Å². The molecule has 22 heavy (non-hydrogen) atoms. The first-order chi connectivity index (χ1) is 10.5. The van der Waals surface area contributed by atoms with Crippen LogP contribution in [0.3, 0.4) is 0 Å². The third kappa shape index (κ3) is 4.57. The SMILES string of the molecule is O=C(O)c1cccc(NC(=S)NN=Cc2ccc([O-])cc2)c1. The zero-order valence-corrected chi connectivity index (χ0v) is 12.1. The van der Waals surface area contributed by atoms with Crippen molar-refractivity contribution < 1.29 is 15.0 Å². The molecule has 0 aromatic heterocycles. The highest BCUT2D eigenvalue weighted by molar-refractivity contribution is 7.80. The second-order valence-electron chi connectivity index (χ2n) is 4.28. The molecule has 0 atom stereocenters. The van der Waals surface area contributed by atoms with Gasteiger partial charge >= 0.3 is 5.97 Å². The lowest BCUT2D eigenvalue weighted by Crippen LogP contribution is -2.24. The van der Waals surface area contributed by atoms with E-state index < -0.39 is 5.97 Å². The second-order valence-corrected chi connectivity index (χ2v) is 4.69. The molecule has 2 aromatic rings. The van der Waals surface area contributed by atoms with Gasteiger partial charge in [0.2, 0.25) is 0 Å². The molecule has 0 aliphatic carbocycles. The quantitative estimate of drug-likeness (QED) is 0.452. The summed E-state index contributed by atoms with van der Waals surface area (Å²) in [4.78, 5) is 10.9. The van der Waals surface area contributed by atoms with Crippen LogP contribution >= 0.6 is 12.2 Å². The molecule has 0 spiro atoms.